The van der Waals surface area contributed by atoms with Gasteiger partial charge in [0.15, 0.2) is 0 Å². The van der Waals surface area contributed by atoms with Crippen LogP contribution in [-0.2, 0) is 9.53 Å². The molecule has 152 valence electrons. The van der Waals surface area contributed by atoms with Crippen LogP contribution in [0, 0.1) is 46.3 Å². The molecule has 4 aliphatic rings. The topological polar surface area (TPSA) is 26.3 Å². The smallest absolute Gasteiger partial charge is 0.302 e. The molecule has 4 aliphatic carbocycles. The van der Waals surface area contributed by atoms with Gasteiger partial charge in [-0.15, -0.1) is 0 Å². The van der Waals surface area contributed by atoms with Gasteiger partial charge in [-0.25, -0.2) is 0 Å². The molecule has 2 nitrogen and oxygen atoms in total. The number of hydrogen-bond acceptors (Lipinski definition) is 2. The van der Waals surface area contributed by atoms with Gasteiger partial charge in [0, 0.05) is 13.3 Å². The fourth-order valence-electron chi connectivity index (χ4n) is 8.60. The predicted molar refractivity (Wildman–Crippen MR) is 110 cm³/mol. The van der Waals surface area contributed by atoms with Crippen molar-refractivity contribution in [1.29, 1.82) is 0 Å². The van der Waals surface area contributed by atoms with Gasteiger partial charge >= 0.3 is 5.97 Å². The summed E-state index contributed by atoms with van der Waals surface area (Å²) in [5, 5.41) is 0. The van der Waals surface area contributed by atoms with E-state index in [1.165, 1.54) is 32.1 Å². The van der Waals surface area contributed by atoms with Crippen LogP contribution in [0.4, 0.5) is 0 Å². The molecule has 0 bridgehead atoms. The zero-order valence-electron chi connectivity index (χ0n) is 18.4. The van der Waals surface area contributed by atoms with Gasteiger partial charge in [0.25, 0.3) is 0 Å². The van der Waals surface area contributed by atoms with Crippen LogP contribution >= 0.6 is 0 Å². The number of carbonyl (C=O) groups is 1. The molecule has 0 aliphatic heterocycles. The van der Waals surface area contributed by atoms with Crippen molar-refractivity contribution in [3.63, 3.8) is 0 Å². The monoisotopic (exact) mass is 372 g/mol. The summed E-state index contributed by atoms with van der Waals surface area (Å²) in [6.45, 7) is 14.2. The van der Waals surface area contributed by atoms with Gasteiger partial charge in [0.1, 0.15) is 6.10 Å². The summed E-state index contributed by atoms with van der Waals surface area (Å²) in [6, 6.07) is 0. The van der Waals surface area contributed by atoms with Crippen molar-refractivity contribution in [2.45, 2.75) is 92.6 Å². The van der Waals surface area contributed by atoms with Crippen molar-refractivity contribution in [3.8, 4) is 0 Å². The van der Waals surface area contributed by atoms with E-state index in [-0.39, 0.29) is 12.1 Å². The third-order valence-corrected chi connectivity index (χ3v) is 9.58. The van der Waals surface area contributed by atoms with Gasteiger partial charge in [-0.1, -0.05) is 46.3 Å². The van der Waals surface area contributed by atoms with Crippen LogP contribution in [0.25, 0.3) is 0 Å². The third-order valence-electron chi connectivity index (χ3n) is 9.58. The van der Waals surface area contributed by atoms with E-state index < -0.39 is 0 Å². The summed E-state index contributed by atoms with van der Waals surface area (Å²) in [5.74, 6) is 5.05. The second-order valence-electron chi connectivity index (χ2n) is 11.3. The lowest BCUT2D eigenvalue weighted by atomic mass is 9.46. The van der Waals surface area contributed by atoms with E-state index in [9.17, 15) is 4.79 Å². The second kappa shape index (κ2) is 6.63. The van der Waals surface area contributed by atoms with Crippen LogP contribution in [0.5, 0.6) is 0 Å². The predicted octanol–water partition coefficient (Wildman–Crippen LogP) is 6.40. The first-order valence-electron chi connectivity index (χ1n) is 11.5. The Morgan fingerprint density at radius 2 is 1.96 bits per heavy atom. The number of esters is 1. The zero-order chi connectivity index (χ0) is 19.6. The minimum Gasteiger partial charge on any atom is -0.462 e. The van der Waals surface area contributed by atoms with E-state index in [0.29, 0.717) is 10.8 Å². The Morgan fingerprint density at radius 1 is 1.22 bits per heavy atom. The number of fused-ring (bicyclic) bond motifs is 5. The maximum atomic E-state index is 11.4. The molecule has 0 aromatic rings. The van der Waals surface area contributed by atoms with E-state index in [2.05, 4.69) is 40.7 Å². The maximum absolute atomic E-state index is 11.4. The van der Waals surface area contributed by atoms with Crippen molar-refractivity contribution in [1.82, 2.24) is 0 Å². The Labute approximate surface area is 166 Å². The highest BCUT2D eigenvalue weighted by molar-refractivity contribution is 5.66. The van der Waals surface area contributed by atoms with E-state index in [1.54, 1.807) is 12.5 Å². The first-order valence-corrected chi connectivity index (χ1v) is 11.5. The molecule has 3 saturated carbocycles. The Kier molecular flexibility index (Phi) is 4.79. The molecule has 0 amide bonds. The lowest BCUT2D eigenvalue weighted by Gasteiger charge is -2.59. The lowest BCUT2D eigenvalue weighted by Crippen LogP contribution is -2.51. The molecule has 3 fully saturated rings. The molecule has 0 radical (unpaired) electrons. The van der Waals surface area contributed by atoms with Crippen LogP contribution in [0.2, 0.25) is 0 Å². The minimum absolute atomic E-state index is 0.114. The summed E-state index contributed by atoms with van der Waals surface area (Å²) in [5.41, 5.74) is 2.50. The molecule has 0 spiro atoms. The highest BCUT2D eigenvalue weighted by atomic mass is 16.5. The second-order valence-corrected chi connectivity index (χ2v) is 11.3. The molecule has 2 heteroatoms. The Hall–Kier alpha value is -0.790. The van der Waals surface area contributed by atoms with Crippen molar-refractivity contribution in [3.05, 3.63) is 11.6 Å². The molecule has 0 aromatic heterocycles. The summed E-state index contributed by atoms with van der Waals surface area (Å²) in [4.78, 5) is 11.4. The SMILES string of the molecule is CC(=O)OC1CCC2(C)C(=CCC3C2CCC2(C)C(C(C)C)C[C@@H](C)C32)C1. The lowest BCUT2D eigenvalue weighted by molar-refractivity contribution is -0.148. The Morgan fingerprint density at radius 3 is 2.63 bits per heavy atom. The summed E-state index contributed by atoms with van der Waals surface area (Å²) >= 11 is 0. The van der Waals surface area contributed by atoms with Gasteiger partial charge in [-0.2, -0.15) is 0 Å². The normalized spacial score (nSPS) is 49.1. The van der Waals surface area contributed by atoms with Crippen molar-refractivity contribution < 1.29 is 9.53 Å². The van der Waals surface area contributed by atoms with E-state index >= 15 is 0 Å². The molecule has 4 rings (SSSR count). The van der Waals surface area contributed by atoms with Crippen molar-refractivity contribution >= 4 is 5.97 Å². The Balaban J connectivity index is 1.61. The Bertz CT molecular complexity index is 634. The molecule has 7 unspecified atom stereocenters. The van der Waals surface area contributed by atoms with Crippen LogP contribution < -0.4 is 0 Å². The molecule has 8 atom stereocenters. The fourth-order valence-corrected chi connectivity index (χ4v) is 8.60. The van der Waals surface area contributed by atoms with Crippen molar-refractivity contribution in [2.24, 2.45) is 46.3 Å². The average molecular weight is 373 g/mol. The van der Waals surface area contributed by atoms with Gasteiger partial charge in [0.2, 0.25) is 0 Å². The van der Waals surface area contributed by atoms with Crippen LogP contribution in [0.3, 0.4) is 0 Å². The summed E-state index contributed by atoms with van der Waals surface area (Å²) in [7, 11) is 0. The van der Waals surface area contributed by atoms with Crippen LogP contribution in [0.15, 0.2) is 11.6 Å². The summed E-state index contributed by atoms with van der Waals surface area (Å²) < 4.78 is 5.58. The first kappa shape index (κ1) is 19.5. The van der Waals surface area contributed by atoms with Gasteiger partial charge < -0.3 is 4.74 Å². The largest absolute Gasteiger partial charge is 0.462 e. The highest BCUT2D eigenvalue weighted by Crippen LogP contribution is 2.68. The molecular weight excluding hydrogens is 332 g/mol. The molecule has 0 heterocycles. The maximum Gasteiger partial charge on any atom is 0.302 e. The molecule has 0 aromatic carbocycles. The quantitative estimate of drug-likeness (QED) is 0.414. The van der Waals surface area contributed by atoms with Gasteiger partial charge in [-0.05, 0) is 84.9 Å². The van der Waals surface area contributed by atoms with E-state index in [4.69, 9.17) is 4.74 Å². The van der Waals surface area contributed by atoms with E-state index in [0.717, 1.165) is 48.3 Å². The number of carbonyl (C=O) groups excluding carboxylic acids is 1. The number of hydrogen-bond donors (Lipinski definition) is 0. The third kappa shape index (κ3) is 2.92. The van der Waals surface area contributed by atoms with Crippen LogP contribution in [0.1, 0.15) is 86.5 Å². The first-order chi connectivity index (χ1) is 12.7. The van der Waals surface area contributed by atoms with Gasteiger partial charge in [0.05, 0.1) is 0 Å². The number of rotatable bonds is 2. The molecular formula is C25H40O2. The molecule has 0 N–H and O–H groups in total. The standard InChI is InChI=1S/C25H40O2/c1-15(2)22-13-16(3)23-20-8-7-18-14-19(27-17(4)26)9-11-24(18,5)21(20)10-12-25(22,23)6/h7,15-16,19-23H,8-14H2,1-6H3/t16-,19?,20?,21?,22?,23?,24?,25?/m1/s1. The molecule has 27 heavy (non-hydrogen) atoms. The highest BCUT2D eigenvalue weighted by Gasteiger charge is 2.60. The fraction of sp³-hybridized carbons (Fsp3) is 0.880. The summed E-state index contributed by atoms with van der Waals surface area (Å²) in [6.07, 6.45) is 11.4. The minimum atomic E-state index is -0.120. The average Bonchev–Trinajstić information content (AvgIpc) is 2.86. The van der Waals surface area contributed by atoms with Crippen molar-refractivity contribution in [2.75, 3.05) is 0 Å². The zero-order valence-corrected chi connectivity index (χ0v) is 18.4. The number of ether oxygens (including phenoxy) is 1. The van der Waals surface area contributed by atoms with E-state index in [1.807, 2.05) is 0 Å². The molecule has 0 saturated heterocycles. The van der Waals surface area contributed by atoms with Gasteiger partial charge in [-0.3, -0.25) is 4.79 Å². The van der Waals surface area contributed by atoms with Crippen LogP contribution in [-0.4, -0.2) is 12.1 Å². The number of allylic oxidation sites excluding steroid dienone is 1.